The average Bonchev–Trinajstić information content (AvgIpc) is 2.47. The van der Waals surface area contributed by atoms with Crippen LogP contribution in [0.5, 0.6) is 0 Å². The number of nitrogens with one attached hydrogen (secondary N) is 1. The third kappa shape index (κ3) is 4.56. The zero-order valence-electron chi connectivity index (χ0n) is 13.8. The van der Waals surface area contributed by atoms with Crippen LogP contribution in [0.3, 0.4) is 0 Å². The lowest BCUT2D eigenvalue weighted by Crippen LogP contribution is -2.46. The summed E-state index contributed by atoms with van der Waals surface area (Å²) in [5.74, 6) is 2.54. The highest BCUT2D eigenvalue weighted by Crippen LogP contribution is 2.23. The summed E-state index contributed by atoms with van der Waals surface area (Å²) >= 11 is 0. The summed E-state index contributed by atoms with van der Waals surface area (Å²) in [6, 6.07) is 2.58. The second-order valence-corrected chi connectivity index (χ2v) is 6.50. The van der Waals surface area contributed by atoms with Crippen LogP contribution in [0.2, 0.25) is 0 Å². The van der Waals surface area contributed by atoms with Gasteiger partial charge in [-0.15, -0.1) is 0 Å². The molecule has 0 bridgehead atoms. The Kier molecular flexibility index (Phi) is 5.79. The van der Waals surface area contributed by atoms with E-state index >= 15 is 0 Å². The molecule has 118 valence electrons. The molecule has 1 aliphatic rings. The van der Waals surface area contributed by atoms with E-state index in [0.29, 0.717) is 12.0 Å². The van der Waals surface area contributed by atoms with Gasteiger partial charge in [-0.05, 0) is 37.8 Å². The van der Waals surface area contributed by atoms with Crippen molar-refractivity contribution in [2.45, 2.75) is 39.2 Å². The van der Waals surface area contributed by atoms with E-state index in [2.05, 4.69) is 29.0 Å². The Bertz CT molecular complexity index is 432. The van der Waals surface area contributed by atoms with Crippen molar-refractivity contribution in [2.75, 3.05) is 43.5 Å². The van der Waals surface area contributed by atoms with E-state index in [0.717, 1.165) is 31.4 Å². The SMILES string of the molecule is CC(C)CNCC1CCCCN1c1ccnc(N(C)C)n1. The standard InChI is InChI=1S/C16H29N5/c1-13(2)11-17-12-14-7-5-6-10-21(14)15-8-9-18-16(19-15)20(3)4/h8-9,13-14,17H,5-7,10-12H2,1-4H3. The summed E-state index contributed by atoms with van der Waals surface area (Å²) in [4.78, 5) is 13.4. The first-order chi connectivity index (χ1) is 10.1. The van der Waals surface area contributed by atoms with Gasteiger partial charge in [-0.2, -0.15) is 4.98 Å². The Hall–Kier alpha value is -1.36. The third-order valence-corrected chi connectivity index (χ3v) is 3.88. The van der Waals surface area contributed by atoms with Crippen LogP contribution in [0.4, 0.5) is 11.8 Å². The van der Waals surface area contributed by atoms with Crippen molar-refractivity contribution in [1.29, 1.82) is 0 Å². The Labute approximate surface area is 128 Å². The Balaban J connectivity index is 2.05. The van der Waals surface area contributed by atoms with Crippen LogP contribution in [0.15, 0.2) is 12.3 Å². The van der Waals surface area contributed by atoms with Gasteiger partial charge >= 0.3 is 0 Å². The quantitative estimate of drug-likeness (QED) is 0.870. The number of nitrogens with zero attached hydrogens (tertiary/aromatic N) is 4. The molecule has 5 heteroatoms. The summed E-state index contributed by atoms with van der Waals surface area (Å²) < 4.78 is 0. The maximum absolute atomic E-state index is 4.70. The van der Waals surface area contributed by atoms with E-state index in [-0.39, 0.29) is 0 Å². The van der Waals surface area contributed by atoms with Crippen LogP contribution < -0.4 is 15.1 Å². The van der Waals surface area contributed by atoms with Gasteiger partial charge in [0.25, 0.3) is 0 Å². The second kappa shape index (κ2) is 7.59. The number of aromatic nitrogens is 2. The summed E-state index contributed by atoms with van der Waals surface area (Å²) in [5, 5.41) is 3.60. The van der Waals surface area contributed by atoms with Gasteiger partial charge in [-0.3, -0.25) is 0 Å². The molecule has 0 aromatic carbocycles. The molecule has 0 saturated carbocycles. The number of anilines is 2. The highest BCUT2D eigenvalue weighted by atomic mass is 15.3. The van der Waals surface area contributed by atoms with E-state index in [1.807, 2.05) is 31.3 Å². The van der Waals surface area contributed by atoms with Crippen LogP contribution in [-0.4, -0.2) is 49.7 Å². The molecule has 0 radical (unpaired) electrons. The fourth-order valence-corrected chi connectivity index (χ4v) is 2.77. The van der Waals surface area contributed by atoms with Crippen molar-refractivity contribution in [3.8, 4) is 0 Å². The van der Waals surface area contributed by atoms with Gasteiger partial charge in [0.15, 0.2) is 0 Å². The van der Waals surface area contributed by atoms with Gasteiger partial charge in [0.1, 0.15) is 5.82 Å². The normalized spacial score (nSPS) is 19.1. The molecule has 1 fully saturated rings. The summed E-state index contributed by atoms with van der Waals surface area (Å²) in [7, 11) is 3.97. The lowest BCUT2D eigenvalue weighted by Gasteiger charge is -2.37. The number of hydrogen-bond acceptors (Lipinski definition) is 5. The molecule has 1 aliphatic heterocycles. The molecular formula is C16H29N5. The minimum absolute atomic E-state index is 0.544. The highest BCUT2D eigenvalue weighted by Gasteiger charge is 2.23. The molecule has 2 heterocycles. The second-order valence-electron chi connectivity index (χ2n) is 6.50. The average molecular weight is 291 g/mol. The number of hydrogen-bond donors (Lipinski definition) is 1. The van der Waals surface area contributed by atoms with Crippen LogP contribution in [0, 0.1) is 5.92 Å². The molecule has 1 atom stereocenters. The van der Waals surface area contributed by atoms with Crippen LogP contribution in [0.1, 0.15) is 33.1 Å². The summed E-state index contributed by atoms with van der Waals surface area (Å²) in [5.41, 5.74) is 0. The van der Waals surface area contributed by atoms with Gasteiger partial charge < -0.3 is 15.1 Å². The molecular weight excluding hydrogens is 262 g/mol. The third-order valence-electron chi connectivity index (χ3n) is 3.88. The highest BCUT2D eigenvalue weighted by molar-refractivity contribution is 5.44. The molecule has 1 aromatic rings. The van der Waals surface area contributed by atoms with Crippen molar-refractivity contribution < 1.29 is 0 Å². The minimum atomic E-state index is 0.544. The monoisotopic (exact) mass is 291 g/mol. The first-order valence-electron chi connectivity index (χ1n) is 8.05. The summed E-state index contributed by atoms with van der Waals surface area (Å²) in [6.07, 6.45) is 5.68. The molecule has 0 spiro atoms. The van der Waals surface area contributed by atoms with Crippen molar-refractivity contribution >= 4 is 11.8 Å². The largest absolute Gasteiger partial charge is 0.352 e. The molecule has 0 aliphatic carbocycles. The molecule has 1 aromatic heterocycles. The van der Waals surface area contributed by atoms with Gasteiger partial charge in [-0.1, -0.05) is 13.8 Å². The van der Waals surface area contributed by atoms with Gasteiger partial charge in [0.2, 0.25) is 5.95 Å². The molecule has 21 heavy (non-hydrogen) atoms. The Morgan fingerprint density at radius 3 is 2.90 bits per heavy atom. The summed E-state index contributed by atoms with van der Waals surface area (Å²) in [6.45, 7) is 7.72. The topological polar surface area (TPSA) is 44.3 Å². The lowest BCUT2D eigenvalue weighted by molar-refractivity contribution is 0.420. The van der Waals surface area contributed by atoms with Gasteiger partial charge in [0, 0.05) is 39.4 Å². The van der Waals surface area contributed by atoms with E-state index < -0.39 is 0 Å². The molecule has 0 amide bonds. The van der Waals surface area contributed by atoms with Gasteiger partial charge in [-0.25, -0.2) is 4.98 Å². The molecule has 1 N–H and O–H groups in total. The minimum Gasteiger partial charge on any atom is -0.352 e. The van der Waals surface area contributed by atoms with Crippen LogP contribution in [0.25, 0.3) is 0 Å². The van der Waals surface area contributed by atoms with Crippen LogP contribution >= 0.6 is 0 Å². The first-order valence-corrected chi connectivity index (χ1v) is 8.05. The maximum Gasteiger partial charge on any atom is 0.226 e. The first kappa shape index (κ1) is 16.0. The lowest BCUT2D eigenvalue weighted by atomic mass is 10.0. The van der Waals surface area contributed by atoms with Gasteiger partial charge in [0.05, 0.1) is 0 Å². The van der Waals surface area contributed by atoms with Crippen molar-refractivity contribution in [3.63, 3.8) is 0 Å². The Morgan fingerprint density at radius 1 is 1.38 bits per heavy atom. The number of piperidine rings is 1. The number of rotatable bonds is 6. The predicted molar refractivity (Wildman–Crippen MR) is 89.1 cm³/mol. The predicted octanol–water partition coefficient (Wildman–Crippen LogP) is 2.15. The van der Waals surface area contributed by atoms with E-state index in [9.17, 15) is 0 Å². The molecule has 1 saturated heterocycles. The maximum atomic E-state index is 4.70. The van der Waals surface area contributed by atoms with Crippen molar-refractivity contribution in [3.05, 3.63) is 12.3 Å². The van der Waals surface area contributed by atoms with E-state index in [1.165, 1.54) is 19.3 Å². The van der Waals surface area contributed by atoms with Crippen molar-refractivity contribution in [1.82, 2.24) is 15.3 Å². The van der Waals surface area contributed by atoms with Crippen molar-refractivity contribution in [2.24, 2.45) is 5.92 Å². The fourth-order valence-electron chi connectivity index (χ4n) is 2.77. The van der Waals surface area contributed by atoms with E-state index in [1.54, 1.807) is 0 Å². The molecule has 1 unspecified atom stereocenters. The molecule has 5 nitrogen and oxygen atoms in total. The van der Waals surface area contributed by atoms with Crippen LogP contribution in [-0.2, 0) is 0 Å². The smallest absolute Gasteiger partial charge is 0.226 e. The zero-order chi connectivity index (χ0) is 15.2. The Morgan fingerprint density at radius 2 is 2.19 bits per heavy atom. The zero-order valence-corrected chi connectivity index (χ0v) is 13.8. The molecule has 2 rings (SSSR count). The fraction of sp³-hybridized carbons (Fsp3) is 0.750. The van der Waals surface area contributed by atoms with E-state index in [4.69, 9.17) is 4.98 Å².